The second-order valence-electron chi connectivity index (χ2n) is 4.48. The average Bonchev–Trinajstić information content (AvgIpc) is 2.66. The zero-order chi connectivity index (χ0) is 13.8. The Labute approximate surface area is 123 Å². The quantitative estimate of drug-likeness (QED) is 0.857. The lowest BCUT2D eigenvalue weighted by molar-refractivity contribution is 0.618. The summed E-state index contributed by atoms with van der Waals surface area (Å²) in [6.45, 7) is 3.25. The van der Waals surface area contributed by atoms with E-state index >= 15 is 0 Å². The van der Waals surface area contributed by atoms with Crippen LogP contribution in [0.3, 0.4) is 0 Å². The van der Waals surface area contributed by atoms with Crippen molar-refractivity contribution >= 4 is 23.2 Å². The van der Waals surface area contributed by atoms with Gasteiger partial charge in [-0.05, 0) is 12.5 Å². The van der Waals surface area contributed by atoms with Gasteiger partial charge in [0.05, 0.1) is 21.8 Å². The molecule has 0 radical (unpaired) electrons. The molecule has 1 aromatic heterocycles. The lowest BCUT2D eigenvalue weighted by Crippen LogP contribution is -2.20. The number of hydrogen-bond donors (Lipinski definition) is 1. The van der Waals surface area contributed by atoms with E-state index in [9.17, 15) is 0 Å². The molecule has 0 aliphatic carbocycles. The summed E-state index contributed by atoms with van der Waals surface area (Å²) in [5.41, 5.74) is 2.95. The van der Waals surface area contributed by atoms with Gasteiger partial charge in [-0.25, -0.2) is 0 Å². The van der Waals surface area contributed by atoms with Gasteiger partial charge in [-0.3, -0.25) is 4.68 Å². The van der Waals surface area contributed by atoms with Gasteiger partial charge in [-0.2, -0.15) is 5.10 Å². The number of aromatic nitrogens is 2. The molecule has 1 atom stereocenters. The number of hydrogen-bond acceptors (Lipinski definition) is 2. The highest BCUT2D eigenvalue weighted by molar-refractivity contribution is 6.31. The first-order valence-electron chi connectivity index (χ1n) is 6.17. The Morgan fingerprint density at radius 1 is 1.32 bits per heavy atom. The van der Waals surface area contributed by atoms with Crippen molar-refractivity contribution in [2.24, 2.45) is 7.05 Å². The first-order valence-corrected chi connectivity index (χ1v) is 6.98. The molecule has 1 N–H and O–H groups in total. The predicted octanol–water partition coefficient (Wildman–Crippen LogP) is 3.45. The Morgan fingerprint density at radius 2 is 2.00 bits per heavy atom. The zero-order valence-electron chi connectivity index (χ0n) is 11.0. The molecule has 0 aliphatic heterocycles. The van der Waals surface area contributed by atoms with Crippen LogP contribution in [0.2, 0.25) is 5.02 Å². The number of nitrogens with zero attached hydrogens (tertiary/aromatic N) is 2. The van der Waals surface area contributed by atoms with E-state index in [1.165, 1.54) is 0 Å². The van der Waals surface area contributed by atoms with Gasteiger partial charge in [0.2, 0.25) is 0 Å². The monoisotopic (exact) mass is 297 g/mol. The normalized spacial score (nSPS) is 12.6. The first kappa shape index (κ1) is 14.4. The Kier molecular flexibility index (Phi) is 4.86. The highest BCUT2D eigenvalue weighted by atomic mass is 35.5. The van der Waals surface area contributed by atoms with E-state index in [0.717, 1.165) is 22.0 Å². The molecule has 2 rings (SSSR count). The van der Waals surface area contributed by atoms with Gasteiger partial charge in [0, 0.05) is 20.1 Å². The van der Waals surface area contributed by atoms with Gasteiger partial charge in [0.25, 0.3) is 0 Å². The maximum absolute atomic E-state index is 6.34. The van der Waals surface area contributed by atoms with Crippen molar-refractivity contribution in [3.8, 4) is 0 Å². The van der Waals surface area contributed by atoms with Crippen LogP contribution in [0.15, 0.2) is 30.3 Å². The SMILES string of the molecule is Cc1nn(C)c(CNCC(Cl)c2ccccc2)c1Cl. The smallest absolute Gasteiger partial charge is 0.0860 e. The van der Waals surface area contributed by atoms with E-state index < -0.39 is 0 Å². The van der Waals surface area contributed by atoms with E-state index in [0.29, 0.717) is 13.1 Å². The minimum absolute atomic E-state index is 0.0469. The summed E-state index contributed by atoms with van der Waals surface area (Å²) < 4.78 is 1.80. The fourth-order valence-corrected chi connectivity index (χ4v) is 2.45. The minimum atomic E-state index is -0.0469. The standard InChI is InChI=1S/C14H17Cl2N3/c1-10-14(16)13(19(2)18-10)9-17-8-12(15)11-6-4-3-5-7-11/h3-7,12,17H,8-9H2,1-2H3. The van der Waals surface area contributed by atoms with Gasteiger partial charge in [-0.1, -0.05) is 41.9 Å². The number of halogens is 2. The lowest BCUT2D eigenvalue weighted by atomic mass is 10.1. The molecule has 0 spiro atoms. The molecular weight excluding hydrogens is 281 g/mol. The third kappa shape index (κ3) is 3.50. The molecule has 0 fully saturated rings. The number of alkyl halides is 1. The molecule has 1 unspecified atom stereocenters. The summed E-state index contributed by atoms with van der Waals surface area (Å²) in [7, 11) is 1.89. The summed E-state index contributed by atoms with van der Waals surface area (Å²) in [5.74, 6) is 0. The van der Waals surface area contributed by atoms with E-state index in [1.807, 2.05) is 44.3 Å². The van der Waals surface area contributed by atoms with Crippen molar-refractivity contribution in [1.82, 2.24) is 15.1 Å². The van der Waals surface area contributed by atoms with Crippen LogP contribution in [-0.2, 0) is 13.6 Å². The second kappa shape index (κ2) is 6.42. The Morgan fingerprint density at radius 3 is 2.58 bits per heavy atom. The number of nitrogens with one attached hydrogen (secondary N) is 1. The number of aryl methyl sites for hydroxylation is 2. The lowest BCUT2D eigenvalue weighted by Gasteiger charge is -2.11. The number of benzene rings is 1. The van der Waals surface area contributed by atoms with E-state index in [2.05, 4.69) is 10.4 Å². The summed E-state index contributed by atoms with van der Waals surface area (Å²) in [6, 6.07) is 10.0. The highest BCUT2D eigenvalue weighted by Crippen LogP contribution is 2.21. The van der Waals surface area contributed by atoms with Crippen molar-refractivity contribution in [2.45, 2.75) is 18.8 Å². The molecular formula is C14H17Cl2N3. The summed E-state index contributed by atoms with van der Waals surface area (Å²) in [5, 5.41) is 8.27. The third-order valence-electron chi connectivity index (χ3n) is 3.04. The molecule has 0 aliphatic rings. The van der Waals surface area contributed by atoms with Gasteiger partial charge >= 0.3 is 0 Å². The van der Waals surface area contributed by atoms with Crippen LogP contribution in [-0.4, -0.2) is 16.3 Å². The van der Waals surface area contributed by atoms with Crippen LogP contribution in [0.1, 0.15) is 22.3 Å². The van der Waals surface area contributed by atoms with Gasteiger partial charge in [-0.15, -0.1) is 11.6 Å². The van der Waals surface area contributed by atoms with Crippen LogP contribution in [0, 0.1) is 6.92 Å². The van der Waals surface area contributed by atoms with Crippen LogP contribution in [0.5, 0.6) is 0 Å². The van der Waals surface area contributed by atoms with E-state index in [1.54, 1.807) is 4.68 Å². The maximum atomic E-state index is 6.34. The average molecular weight is 298 g/mol. The van der Waals surface area contributed by atoms with Crippen molar-refractivity contribution < 1.29 is 0 Å². The molecule has 102 valence electrons. The van der Waals surface area contributed by atoms with Gasteiger partial charge in [0.1, 0.15) is 0 Å². The minimum Gasteiger partial charge on any atom is -0.309 e. The number of rotatable bonds is 5. The van der Waals surface area contributed by atoms with Crippen molar-refractivity contribution in [1.29, 1.82) is 0 Å². The zero-order valence-corrected chi connectivity index (χ0v) is 12.5. The molecule has 0 bridgehead atoms. The fraction of sp³-hybridized carbons (Fsp3) is 0.357. The second-order valence-corrected chi connectivity index (χ2v) is 5.38. The molecule has 5 heteroatoms. The Balaban J connectivity index is 1.90. The van der Waals surface area contributed by atoms with Crippen molar-refractivity contribution in [3.05, 3.63) is 52.3 Å². The van der Waals surface area contributed by atoms with Crippen LogP contribution in [0.4, 0.5) is 0 Å². The van der Waals surface area contributed by atoms with Gasteiger partial charge in [0.15, 0.2) is 0 Å². The maximum Gasteiger partial charge on any atom is 0.0860 e. The Hall–Kier alpha value is -1.03. The topological polar surface area (TPSA) is 29.9 Å². The fourth-order valence-electron chi connectivity index (χ4n) is 1.97. The summed E-state index contributed by atoms with van der Waals surface area (Å²) in [4.78, 5) is 0. The summed E-state index contributed by atoms with van der Waals surface area (Å²) in [6.07, 6.45) is 0. The molecule has 1 heterocycles. The highest BCUT2D eigenvalue weighted by Gasteiger charge is 2.12. The van der Waals surface area contributed by atoms with E-state index in [4.69, 9.17) is 23.2 Å². The molecule has 2 aromatic rings. The molecule has 3 nitrogen and oxygen atoms in total. The van der Waals surface area contributed by atoms with Crippen LogP contribution < -0.4 is 5.32 Å². The molecule has 19 heavy (non-hydrogen) atoms. The van der Waals surface area contributed by atoms with Crippen LogP contribution in [0.25, 0.3) is 0 Å². The molecule has 0 amide bonds. The third-order valence-corrected chi connectivity index (χ3v) is 3.94. The first-order chi connectivity index (χ1) is 9.09. The largest absolute Gasteiger partial charge is 0.309 e. The van der Waals surface area contributed by atoms with Crippen LogP contribution >= 0.6 is 23.2 Å². The van der Waals surface area contributed by atoms with E-state index in [-0.39, 0.29) is 5.38 Å². The Bertz CT molecular complexity index is 537. The molecule has 0 saturated heterocycles. The summed E-state index contributed by atoms with van der Waals surface area (Å²) >= 11 is 12.5. The van der Waals surface area contributed by atoms with Crippen molar-refractivity contribution in [2.75, 3.05) is 6.54 Å². The molecule has 0 saturated carbocycles. The van der Waals surface area contributed by atoms with Gasteiger partial charge < -0.3 is 5.32 Å². The van der Waals surface area contributed by atoms with Crippen molar-refractivity contribution in [3.63, 3.8) is 0 Å². The predicted molar refractivity (Wildman–Crippen MR) is 79.7 cm³/mol. The molecule has 1 aromatic carbocycles.